The largest absolute Gasteiger partial charge is 0.476 e. The van der Waals surface area contributed by atoms with Crippen LogP contribution in [-0.2, 0) is 0 Å². The van der Waals surface area contributed by atoms with Crippen LogP contribution in [0.2, 0.25) is 0 Å². The summed E-state index contributed by atoms with van der Waals surface area (Å²) in [6, 6.07) is 3.62. The molecule has 2 aromatic rings. The minimum atomic E-state index is -1.26. The van der Waals surface area contributed by atoms with Gasteiger partial charge in [0, 0.05) is 17.2 Å². The first-order valence-electron chi connectivity index (χ1n) is 4.98. The van der Waals surface area contributed by atoms with Gasteiger partial charge in [0.15, 0.2) is 17.7 Å². The molecular formula is C12H8FNO4. The molecule has 0 atom stereocenters. The number of aromatic carboxylic acids is 1. The average molecular weight is 249 g/mol. The van der Waals surface area contributed by atoms with Gasteiger partial charge in [-0.3, -0.25) is 4.79 Å². The molecule has 6 heteroatoms. The Hall–Kier alpha value is -2.50. The zero-order valence-electron chi connectivity index (χ0n) is 9.31. The Bertz CT molecular complexity index is 633. The number of carboxylic acids is 1. The van der Waals surface area contributed by atoms with Crippen LogP contribution in [0.4, 0.5) is 4.39 Å². The van der Waals surface area contributed by atoms with E-state index in [-0.39, 0.29) is 22.6 Å². The molecule has 1 aromatic carbocycles. The number of benzene rings is 1. The van der Waals surface area contributed by atoms with E-state index in [9.17, 15) is 14.0 Å². The fourth-order valence-electron chi connectivity index (χ4n) is 1.52. The number of hydrogen-bond donors (Lipinski definition) is 1. The normalized spacial score (nSPS) is 10.3. The van der Waals surface area contributed by atoms with E-state index in [1.165, 1.54) is 13.0 Å². The molecule has 1 aromatic heterocycles. The van der Waals surface area contributed by atoms with Gasteiger partial charge in [0.25, 0.3) is 0 Å². The highest BCUT2D eigenvalue weighted by atomic mass is 19.1. The Labute approximate surface area is 101 Å². The van der Waals surface area contributed by atoms with E-state index in [1.807, 2.05) is 0 Å². The van der Waals surface area contributed by atoms with E-state index in [0.29, 0.717) is 11.8 Å². The third kappa shape index (κ3) is 2.00. The highest BCUT2D eigenvalue weighted by molar-refractivity contribution is 5.89. The smallest absolute Gasteiger partial charge is 0.358 e. The zero-order chi connectivity index (χ0) is 13.3. The molecule has 0 saturated carbocycles. The van der Waals surface area contributed by atoms with Crippen LogP contribution >= 0.6 is 0 Å². The summed E-state index contributed by atoms with van der Waals surface area (Å²) in [5, 5.41) is 12.0. The van der Waals surface area contributed by atoms with Gasteiger partial charge in [-0.15, -0.1) is 0 Å². The lowest BCUT2D eigenvalue weighted by Gasteiger charge is -2.03. The monoisotopic (exact) mass is 249 g/mol. The summed E-state index contributed by atoms with van der Waals surface area (Å²) in [5.41, 5.74) is 0.400. The number of aldehydes is 1. The molecule has 0 bridgehead atoms. The lowest BCUT2D eigenvalue weighted by atomic mass is 10.0. The minimum Gasteiger partial charge on any atom is -0.476 e. The molecule has 92 valence electrons. The van der Waals surface area contributed by atoms with Crippen LogP contribution < -0.4 is 0 Å². The van der Waals surface area contributed by atoms with Crippen LogP contribution in [-0.4, -0.2) is 22.5 Å². The predicted molar refractivity (Wildman–Crippen MR) is 59.0 cm³/mol. The number of nitrogens with zero attached hydrogens (tertiary/aromatic N) is 1. The maximum Gasteiger partial charge on any atom is 0.358 e. The fourth-order valence-corrected chi connectivity index (χ4v) is 1.52. The lowest BCUT2D eigenvalue weighted by Crippen LogP contribution is -1.95. The molecule has 0 spiro atoms. The van der Waals surface area contributed by atoms with Crippen LogP contribution in [0.1, 0.15) is 26.4 Å². The fraction of sp³-hybridized carbons (Fsp3) is 0.0833. The van der Waals surface area contributed by atoms with Crippen LogP contribution in [0, 0.1) is 12.7 Å². The van der Waals surface area contributed by atoms with Gasteiger partial charge < -0.3 is 9.63 Å². The van der Waals surface area contributed by atoms with Crippen molar-refractivity contribution in [1.82, 2.24) is 5.16 Å². The van der Waals surface area contributed by atoms with Gasteiger partial charge in [-0.05, 0) is 24.6 Å². The summed E-state index contributed by atoms with van der Waals surface area (Å²) in [7, 11) is 0. The molecule has 5 nitrogen and oxygen atoms in total. The van der Waals surface area contributed by atoms with Crippen molar-refractivity contribution in [3.05, 3.63) is 40.8 Å². The first-order chi connectivity index (χ1) is 8.52. The summed E-state index contributed by atoms with van der Waals surface area (Å²) < 4.78 is 18.2. The Kier molecular flexibility index (Phi) is 2.93. The Morgan fingerprint density at radius 2 is 2.17 bits per heavy atom. The number of carbonyl (C=O) groups excluding carboxylic acids is 1. The van der Waals surface area contributed by atoms with E-state index in [2.05, 4.69) is 5.16 Å². The molecule has 0 unspecified atom stereocenters. The van der Waals surface area contributed by atoms with E-state index < -0.39 is 11.8 Å². The average Bonchev–Trinajstić information content (AvgIpc) is 2.81. The topological polar surface area (TPSA) is 80.4 Å². The Morgan fingerprint density at radius 1 is 1.44 bits per heavy atom. The maximum absolute atomic E-state index is 13.5. The van der Waals surface area contributed by atoms with Gasteiger partial charge in [-0.25, -0.2) is 9.18 Å². The molecule has 18 heavy (non-hydrogen) atoms. The summed E-state index contributed by atoms with van der Waals surface area (Å²) >= 11 is 0. The number of carbonyl (C=O) groups is 2. The second kappa shape index (κ2) is 4.40. The number of aromatic nitrogens is 1. The van der Waals surface area contributed by atoms with E-state index in [0.717, 1.165) is 12.1 Å². The van der Waals surface area contributed by atoms with Gasteiger partial charge in [0.1, 0.15) is 5.82 Å². The molecule has 0 aliphatic rings. The lowest BCUT2D eigenvalue weighted by molar-refractivity contribution is 0.0685. The Balaban J connectivity index is 2.58. The second-order valence-corrected chi connectivity index (χ2v) is 3.69. The molecule has 0 radical (unpaired) electrons. The van der Waals surface area contributed by atoms with Crippen molar-refractivity contribution in [2.45, 2.75) is 6.92 Å². The van der Waals surface area contributed by atoms with Crippen molar-refractivity contribution in [2.24, 2.45) is 0 Å². The predicted octanol–water partition coefficient (Wildman–Crippen LogP) is 2.30. The summed E-state index contributed by atoms with van der Waals surface area (Å²) in [4.78, 5) is 21.6. The quantitative estimate of drug-likeness (QED) is 0.844. The SMILES string of the molecule is Cc1cc(C=O)c(-c2cc(C(=O)O)no2)cc1F. The highest BCUT2D eigenvalue weighted by Gasteiger charge is 2.16. The first-order valence-corrected chi connectivity index (χ1v) is 4.98. The molecule has 0 aliphatic heterocycles. The molecule has 0 amide bonds. The zero-order valence-corrected chi connectivity index (χ0v) is 9.31. The first kappa shape index (κ1) is 12.0. The molecule has 0 aliphatic carbocycles. The Morgan fingerprint density at radius 3 is 2.72 bits per heavy atom. The number of hydrogen-bond acceptors (Lipinski definition) is 4. The van der Waals surface area contributed by atoms with Crippen LogP contribution in [0.25, 0.3) is 11.3 Å². The third-order valence-corrected chi connectivity index (χ3v) is 2.45. The standard InChI is InChI=1S/C12H8FNO4/c1-6-2-7(5-15)8(3-9(6)13)11-4-10(12(16)17)14-18-11/h2-5H,1H3,(H,16,17). The molecule has 1 heterocycles. The summed E-state index contributed by atoms with van der Waals surface area (Å²) in [6.45, 7) is 1.52. The van der Waals surface area contributed by atoms with E-state index in [1.54, 1.807) is 0 Å². The van der Waals surface area contributed by atoms with Gasteiger partial charge >= 0.3 is 5.97 Å². The van der Waals surface area contributed by atoms with Crippen molar-refractivity contribution in [2.75, 3.05) is 0 Å². The third-order valence-electron chi connectivity index (χ3n) is 2.45. The minimum absolute atomic E-state index is 0.0356. The van der Waals surface area contributed by atoms with Crippen LogP contribution in [0.15, 0.2) is 22.7 Å². The number of halogens is 1. The highest BCUT2D eigenvalue weighted by Crippen LogP contribution is 2.26. The molecular weight excluding hydrogens is 241 g/mol. The molecule has 1 N–H and O–H groups in total. The van der Waals surface area contributed by atoms with E-state index in [4.69, 9.17) is 9.63 Å². The van der Waals surface area contributed by atoms with Gasteiger partial charge in [-0.2, -0.15) is 0 Å². The molecule has 0 fully saturated rings. The van der Waals surface area contributed by atoms with Gasteiger partial charge in [0.05, 0.1) is 0 Å². The van der Waals surface area contributed by atoms with Gasteiger partial charge in [-0.1, -0.05) is 5.16 Å². The summed E-state index contributed by atoms with van der Waals surface area (Å²) in [5.74, 6) is -1.73. The second-order valence-electron chi connectivity index (χ2n) is 3.69. The van der Waals surface area contributed by atoms with E-state index >= 15 is 0 Å². The van der Waals surface area contributed by atoms with Crippen molar-refractivity contribution in [3.8, 4) is 11.3 Å². The number of rotatable bonds is 3. The number of aryl methyl sites for hydroxylation is 1. The van der Waals surface area contributed by atoms with Crippen molar-refractivity contribution < 1.29 is 23.6 Å². The molecule has 2 rings (SSSR count). The van der Waals surface area contributed by atoms with Crippen LogP contribution in [0.3, 0.4) is 0 Å². The van der Waals surface area contributed by atoms with Gasteiger partial charge in [0.2, 0.25) is 0 Å². The van der Waals surface area contributed by atoms with Crippen molar-refractivity contribution in [1.29, 1.82) is 0 Å². The molecule has 0 saturated heterocycles. The van der Waals surface area contributed by atoms with Crippen molar-refractivity contribution in [3.63, 3.8) is 0 Å². The maximum atomic E-state index is 13.5. The summed E-state index contributed by atoms with van der Waals surface area (Å²) in [6.07, 6.45) is 0.546. The van der Waals surface area contributed by atoms with Crippen molar-refractivity contribution >= 4 is 12.3 Å². The number of carboxylic acid groups (broad SMARTS) is 1. The van der Waals surface area contributed by atoms with Crippen LogP contribution in [0.5, 0.6) is 0 Å².